The van der Waals surface area contributed by atoms with E-state index in [4.69, 9.17) is 0 Å². The van der Waals surface area contributed by atoms with Gasteiger partial charge in [0.1, 0.15) is 5.82 Å². The Labute approximate surface area is 124 Å². The summed E-state index contributed by atoms with van der Waals surface area (Å²) in [5.74, 6) is -0.374. The maximum atomic E-state index is 14.0. The van der Waals surface area contributed by atoms with Crippen LogP contribution < -0.4 is 5.32 Å². The fourth-order valence-corrected chi connectivity index (χ4v) is 2.75. The van der Waals surface area contributed by atoms with Crippen molar-refractivity contribution in [2.45, 2.75) is 31.2 Å². The van der Waals surface area contributed by atoms with Crippen molar-refractivity contribution in [3.8, 4) is 0 Å². The highest BCUT2D eigenvalue weighted by molar-refractivity contribution is 5.91. The number of amides is 1. The number of rotatable bonds is 4. The fraction of sp³-hybridized carbons (Fsp3) is 0.278. The predicted molar refractivity (Wildman–Crippen MR) is 80.3 cm³/mol. The number of hydrogen-bond acceptors (Lipinski definition) is 1. The number of nitrogens with one attached hydrogen (secondary N) is 1. The number of carbonyl (C=O) groups is 1. The summed E-state index contributed by atoms with van der Waals surface area (Å²) in [6, 6.07) is 16.3. The molecule has 1 atom stereocenters. The average Bonchev–Trinajstić information content (AvgIpc) is 3.30. The predicted octanol–water partition coefficient (Wildman–Crippen LogP) is 3.73. The third-order valence-electron chi connectivity index (χ3n) is 4.22. The highest BCUT2D eigenvalue weighted by Gasteiger charge is 2.52. The van der Waals surface area contributed by atoms with Crippen molar-refractivity contribution in [1.82, 2.24) is 5.32 Å². The molecular formula is C18H18FNO. The van der Waals surface area contributed by atoms with Crippen LogP contribution in [0, 0.1) is 5.82 Å². The first-order valence-electron chi connectivity index (χ1n) is 7.24. The lowest BCUT2D eigenvalue weighted by atomic mass is 9.93. The Bertz CT molecular complexity index is 649. The highest BCUT2D eigenvalue weighted by atomic mass is 19.1. The molecule has 1 N–H and O–H groups in total. The van der Waals surface area contributed by atoms with Crippen LogP contribution >= 0.6 is 0 Å². The van der Waals surface area contributed by atoms with Gasteiger partial charge in [0.25, 0.3) is 0 Å². The Balaban J connectivity index is 1.78. The Morgan fingerprint density at radius 1 is 1.10 bits per heavy atom. The molecule has 0 spiro atoms. The molecule has 108 valence electrons. The van der Waals surface area contributed by atoms with E-state index in [1.54, 1.807) is 18.2 Å². The summed E-state index contributed by atoms with van der Waals surface area (Å²) in [5.41, 5.74) is 0.895. The van der Waals surface area contributed by atoms with Crippen LogP contribution in [0.15, 0.2) is 54.6 Å². The molecule has 1 aliphatic carbocycles. The van der Waals surface area contributed by atoms with Crippen LogP contribution in [0.2, 0.25) is 0 Å². The zero-order chi connectivity index (χ0) is 14.9. The van der Waals surface area contributed by atoms with Crippen molar-refractivity contribution in [1.29, 1.82) is 0 Å². The van der Waals surface area contributed by atoms with Gasteiger partial charge in [0.05, 0.1) is 11.5 Å². The molecule has 3 heteroatoms. The second-order valence-corrected chi connectivity index (χ2v) is 5.67. The van der Waals surface area contributed by atoms with E-state index in [0.717, 1.165) is 5.56 Å². The second kappa shape index (κ2) is 5.32. The molecule has 1 aliphatic rings. The Kier molecular flexibility index (Phi) is 3.50. The third-order valence-corrected chi connectivity index (χ3v) is 4.22. The van der Waals surface area contributed by atoms with E-state index in [1.807, 2.05) is 37.3 Å². The summed E-state index contributed by atoms with van der Waals surface area (Å²) >= 11 is 0. The maximum absolute atomic E-state index is 14.0. The van der Waals surface area contributed by atoms with E-state index in [1.165, 1.54) is 6.07 Å². The second-order valence-electron chi connectivity index (χ2n) is 5.67. The van der Waals surface area contributed by atoms with Crippen molar-refractivity contribution in [2.75, 3.05) is 0 Å². The third kappa shape index (κ3) is 2.56. The summed E-state index contributed by atoms with van der Waals surface area (Å²) < 4.78 is 14.0. The van der Waals surface area contributed by atoms with Crippen LogP contribution in [-0.4, -0.2) is 5.91 Å². The van der Waals surface area contributed by atoms with Gasteiger partial charge < -0.3 is 5.32 Å². The summed E-state index contributed by atoms with van der Waals surface area (Å²) in [7, 11) is 0. The van der Waals surface area contributed by atoms with Crippen molar-refractivity contribution >= 4 is 5.91 Å². The van der Waals surface area contributed by atoms with Crippen molar-refractivity contribution in [3.63, 3.8) is 0 Å². The highest BCUT2D eigenvalue weighted by Crippen LogP contribution is 2.49. The lowest BCUT2D eigenvalue weighted by Gasteiger charge is -2.20. The standard InChI is InChI=1S/C18H18FNO/c1-13(14-7-3-2-4-8-14)20-17(21)18(11-12-18)15-9-5-6-10-16(15)19/h2-10,13H,11-12H2,1H3,(H,20,21). The first-order chi connectivity index (χ1) is 10.1. The molecule has 3 rings (SSSR count). The smallest absolute Gasteiger partial charge is 0.231 e. The van der Waals surface area contributed by atoms with Crippen molar-refractivity contribution < 1.29 is 9.18 Å². The zero-order valence-electron chi connectivity index (χ0n) is 12.0. The quantitative estimate of drug-likeness (QED) is 0.910. The van der Waals surface area contributed by atoms with E-state index in [2.05, 4.69) is 5.32 Å². The number of carbonyl (C=O) groups excluding carboxylic acids is 1. The first kappa shape index (κ1) is 13.8. The Morgan fingerprint density at radius 3 is 2.33 bits per heavy atom. The lowest BCUT2D eigenvalue weighted by Crippen LogP contribution is -2.36. The summed E-state index contributed by atoms with van der Waals surface area (Å²) in [4.78, 5) is 12.6. The minimum Gasteiger partial charge on any atom is -0.349 e. The minimum atomic E-state index is -0.672. The van der Waals surface area contributed by atoms with Gasteiger partial charge in [-0.05, 0) is 31.4 Å². The van der Waals surface area contributed by atoms with Crippen LogP contribution in [0.3, 0.4) is 0 Å². The van der Waals surface area contributed by atoms with Crippen molar-refractivity contribution in [2.24, 2.45) is 0 Å². The monoisotopic (exact) mass is 283 g/mol. The zero-order valence-corrected chi connectivity index (χ0v) is 12.0. The van der Waals surface area contributed by atoms with Crippen molar-refractivity contribution in [3.05, 3.63) is 71.5 Å². The molecule has 2 aromatic carbocycles. The van der Waals surface area contributed by atoms with Gasteiger partial charge in [0.15, 0.2) is 0 Å². The van der Waals surface area contributed by atoms with E-state index < -0.39 is 5.41 Å². The molecule has 2 nitrogen and oxygen atoms in total. The van der Waals surface area contributed by atoms with Crippen LogP contribution in [-0.2, 0) is 10.2 Å². The average molecular weight is 283 g/mol. The molecule has 1 unspecified atom stereocenters. The van der Waals surface area contributed by atoms with Gasteiger partial charge >= 0.3 is 0 Å². The molecule has 0 radical (unpaired) electrons. The summed E-state index contributed by atoms with van der Waals surface area (Å²) in [6.07, 6.45) is 1.42. The topological polar surface area (TPSA) is 29.1 Å². The fourth-order valence-electron chi connectivity index (χ4n) is 2.75. The first-order valence-corrected chi connectivity index (χ1v) is 7.24. The molecule has 0 heterocycles. The van der Waals surface area contributed by atoms with Gasteiger partial charge in [0, 0.05) is 5.56 Å². The molecule has 1 saturated carbocycles. The molecule has 0 aliphatic heterocycles. The number of halogens is 1. The summed E-state index contributed by atoms with van der Waals surface area (Å²) in [5, 5.41) is 3.02. The molecule has 0 aromatic heterocycles. The molecular weight excluding hydrogens is 265 g/mol. The summed E-state index contributed by atoms with van der Waals surface area (Å²) in [6.45, 7) is 1.95. The number of benzene rings is 2. The molecule has 21 heavy (non-hydrogen) atoms. The van der Waals surface area contributed by atoms with E-state index in [0.29, 0.717) is 18.4 Å². The van der Waals surface area contributed by atoms with Gasteiger partial charge in [0.2, 0.25) is 5.91 Å². The minimum absolute atomic E-state index is 0.0797. The van der Waals surface area contributed by atoms with Gasteiger partial charge in [-0.1, -0.05) is 48.5 Å². The molecule has 0 saturated heterocycles. The van der Waals surface area contributed by atoms with E-state index in [9.17, 15) is 9.18 Å². The van der Waals surface area contributed by atoms with Crippen LogP contribution in [0.25, 0.3) is 0 Å². The Morgan fingerprint density at radius 2 is 1.71 bits per heavy atom. The lowest BCUT2D eigenvalue weighted by molar-refractivity contribution is -0.124. The van der Waals surface area contributed by atoms with Gasteiger partial charge in [-0.15, -0.1) is 0 Å². The van der Waals surface area contributed by atoms with Crippen LogP contribution in [0.1, 0.15) is 36.9 Å². The van der Waals surface area contributed by atoms with E-state index in [-0.39, 0.29) is 17.8 Å². The maximum Gasteiger partial charge on any atom is 0.231 e. The SMILES string of the molecule is CC(NC(=O)C1(c2ccccc2F)CC1)c1ccccc1. The molecule has 1 fully saturated rings. The number of hydrogen-bond donors (Lipinski definition) is 1. The van der Waals surface area contributed by atoms with Gasteiger partial charge in [-0.2, -0.15) is 0 Å². The largest absolute Gasteiger partial charge is 0.349 e. The van der Waals surface area contributed by atoms with Gasteiger partial charge in [-0.25, -0.2) is 4.39 Å². The normalized spacial score (nSPS) is 17.0. The Hall–Kier alpha value is -2.16. The molecule has 2 aromatic rings. The molecule has 1 amide bonds. The molecule has 0 bridgehead atoms. The van der Waals surface area contributed by atoms with Crippen LogP contribution in [0.4, 0.5) is 4.39 Å². The van der Waals surface area contributed by atoms with Gasteiger partial charge in [-0.3, -0.25) is 4.79 Å². The van der Waals surface area contributed by atoms with Crippen LogP contribution in [0.5, 0.6) is 0 Å². The van der Waals surface area contributed by atoms with E-state index >= 15 is 0 Å².